The molecule has 1 heterocycles. The van der Waals surface area contributed by atoms with Gasteiger partial charge < -0.3 is 5.73 Å². The maximum absolute atomic E-state index is 10.8. The first kappa shape index (κ1) is 7.91. The van der Waals surface area contributed by atoms with Gasteiger partial charge in [-0.1, -0.05) is 0 Å². The van der Waals surface area contributed by atoms with Crippen LogP contribution in [0.3, 0.4) is 0 Å². The molecule has 0 bridgehead atoms. The second kappa shape index (κ2) is 3.27. The van der Waals surface area contributed by atoms with E-state index in [0.29, 0.717) is 0 Å². The molecule has 1 rings (SSSR count). The minimum absolute atomic E-state index is 0.118. The van der Waals surface area contributed by atoms with E-state index < -0.39 is 6.04 Å². The highest BCUT2D eigenvalue weighted by molar-refractivity contribution is 6.99. The fourth-order valence-corrected chi connectivity index (χ4v) is 1.19. The number of nitrogens with one attached hydrogen (secondary N) is 1. The summed E-state index contributed by atoms with van der Waals surface area (Å²) in [6, 6.07) is 1.31. The third kappa shape index (κ3) is 1.63. The zero-order chi connectivity index (χ0) is 8.27. The number of aromatic nitrogens is 2. The smallest absolute Gasteiger partial charge is 0.282 e. The van der Waals surface area contributed by atoms with E-state index in [1.165, 1.54) is 0 Å². The Morgan fingerprint density at radius 3 is 3.09 bits per heavy atom. The van der Waals surface area contributed by atoms with Gasteiger partial charge in [0.05, 0.1) is 18.5 Å². The summed E-state index contributed by atoms with van der Waals surface area (Å²) >= 11 is 0.943. The summed E-state index contributed by atoms with van der Waals surface area (Å²) in [6.45, 7) is 0. The Balaban J connectivity index is 2.86. The van der Waals surface area contributed by atoms with Crippen molar-refractivity contribution in [2.45, 2.75) is 12.5 Å². The van der Waals surface area contributed by atoms with Crippen LogP contribution in [0, 0.1) is 11.3 Å². The van der Waals surface area contributed by atoms with Gasteiger partial charge in [-0.25, -0.2) is 0 Å². The zero-order valence-electron chi connectivity index (χ0n) is 5.57. The molecule has 0 aliphatic rings. The number of rotatable bonds is 2. The second-order valence-electron chi connectivity index (χ2n) is 1.97. The van der Waals surface area contributed by atoms with E-state index in [-0.39, 0.29) is 17.7 Å². The molecule has 1 aromatic rings. The number of nitrogens with zero attached hydrogens (tertiary/aromatic N) is 2. The molecular weight excluding hydrogens is 164 g/mol. The number of hydrogen-bond donors (Lipinski definition) is 2. The predicted molar refractivity (Wildman–Crippen MR) is 39.9 cm³/mol. The van der Waals surface area contributed by atoms with Crippen molar-refractivity contribution < 1.29 is 0 Å². The first-order chi connectivity index (χ1) is 5.25. The Kier molecular flexibility index (Phi) is 2.36. The average molecular weight is 170 g/mol. The van der Waals surface area contributed by atoms with Crippen LogP contribution in [0.25, 0.3) is 0 Å². The van der Waals surface area contributed by atoms with Crippen LogP contribution < -0.4 is 11.3 Å². The lowest BCUT2D eigenvalue weighted by molar-refractivity contribution is 0.722. The topological polar surface area (TPSA) is 95.6 Å². The van der Waals surface area contributed by atoms with Crippen molar-refractivity contribution in [2.24, 2.45) is 5.73 Å². The molecule has 0 saturated carbocycles. The lowest BCUT2D eigenvalue weighted by atomic mass is 10.2. The van der Waals surface area contributed by atoms with Gasteiger partial charge in [0.15, 0.2) is 0 Å². The largest absolute Gasteiger partial charge is 0.322 e. The summed E-state index contributed by atoms with van der Waals surface area (Å²) in [5.41, 5.74) is 5.41. The lowest BCUT2D eigenvalue weighted by Crippen LogP contribution is -2.18. The molecular formula is C5H6N4OS. The molecule has 0 aliphatic heterocycles. The highest BCUT2D eigenvalue weighted by atomic mass is 32.1. The van der Waals surface area contributed by atoms with E-state index in [2.05, 4.69) is 8.75 Å². The van der Waals surface area contributed by atoms with Gasteiger partial charge in [0.25, 0.3) is 5.56 Å². The Bertz CT molecular complexity index is 322. The van der Waals surface area contributed by atoms with Gasteiger partial charge >= 0.3 is 0 Å². The maximum Gasteiger partial charge on any atom is 0.282 e. The number of aromatic amines is 1. The van der Waals surface area contributed by atoms with Crippen LogP contribution in [0.4, 0.5) is 0 Å². The zero-order valence-corrected chi connectivity index (χ0v) is 6.39. The molecule has 0 fully saturated rings. The van der Waals surface area contributed by atoms with Crippen LogP contribution in [0.15, 0.2) is 4.79 Å². The van der Waals surface area contributed by atoms with E-state index in [1.807, 2.05) is 6.07 Å². The molecule has 1 aromatic heterocycles. The van der Waals surface area contributed by atoms with Crippen molar-refractivity contribution in [3.8, 4) is 6.07 Å². The van der Waals surface area contributed by atoms with E-state index >= 15 is 0 Å². The Hall–Kier alpha value is -1.19. The molecule has 0 saturated heterocycles. The quantitative estimate of drug-likeness (QED) is 0.639. The first-order valence-corrected chi connectivity index (χ1v) is 3.70. The standard InChI is InChI=1S/C5H6N4OS/c6-2-1-3(7)4-5(10)9-11-8-4/h3H,1,7H2,(H,9,10). The number of H-pyrrole nitrogens is 1. The lowest BCUT2D eigenvalue weighted by Gasteiger charge is -1.98. The molecule has 58 valence electrons. The number of hydrogen-bond acceptors (Lipinski definition) is 5. The van der Waals surface area contributed by atoms with Crippen LogP contribution >= 0.6 is 11.7 Å². The highest BCUT2D eigenvalue weighted by Gasteiger charge is 2.11. The highest BCUT2D eigenvalue weighted by Crippen LogP contribution is 2.05. The number of nitrogens with two attached hydrogens (primary N) is 1. The monoisotopic (exact) mass is 170 g/mol. The third-order valence-electron chi connectivity index (χ3n) is 1.18. The van der Waals surface area contributed by atoms with Crippen molar-refractivity contribution in [3.63, 3.8) is 0 Å². The van der Waals surface area contributed by atoms with Gasteiger partial charge in [-0.15, -0.1) is 0 Å². The van der Waals surface area contributed by atoms with E-state index in [0.717, 1.165) is 11.7 Å². The molecule has 0 radical (unpaired) electrons. The van der Waals surface area contributed by atoms with Crippen molar-refractivity contribution in [3.05, 3.63) is 16.0 Å². The molecule has 1 unspecified atom stereocenters. The first-order valence-electron chi connectivity index (χ1n) is 2.92. The fraction of sp³-hybridized carbons (Fsp3) is 0.400. The minimum atomic E-state index is -0.560. The van der Waals surface area contributed by atoms with Gasteiger partial charge in [0.2, 0.25) is 0 Å². The summed E-state index contributed by atoms with van der Waals surface area (Å²) in [4.78, 5) is 10.8. The van der Waals surface area contributed by atoms with Gasteiger partial charge in [0, 0.05) is 11.7 Å². The molecule has 5 nitrogen and oxygen atoms in total. The summed E-state index contributed by atoms with van der Waals surface area (Å²) in [5, 5.41) is 8.26. The Labute approximate surface area is 66.8 Å². The molecule has 3 N–H and O–H groups in total. The molecule has 0 aliphatic carbocycles. The van der Waals surface area contributed by atoms with E-state index in [1.54, 1.807) is 0 Å². The van der Waals surface area contributed by atoms with Crippen molar-refractivity contribution >= 4 is 11.7 Å². The summed E-state index contributed by atoms with van der Waals surface area (Å²) in [5.74, 6) is 0. The third-order valence-corrected chi connectivity index (χ3v) is 1.74. The number of nitriles is 1. The predicted octanol–water partition coefficient (Wildman–Crippen LogP) is -0.255. The van der Waals surface area contributed by atoms with Gasteiger partial charge in [-0.3, -0.25) is 9.17 Å². The van der Waals surface area contributed by atoms with Crippen molar-refractivity contribution in [1.29, 1.82) is 5.26 Å². The van der Waals surface area contributed by atoms with Crippen LogP contribution in [0.5, 0.6) is 0 Å². The minimum Gasteiger partial charge on any atom is -0.322 e. The van der Waals surface area contributed by atoms with Gasteiger partial charge in [-0.05, 0) is 0 Å². The second-order valence-corrected chi connectivity index (χ2v) is 2.54. The maximum atomic E-state index is 10.8. The molecule has 1 atom stereocenters. The van der Waals surface area contributed by atoms with E-state index in [4.69, 9.17) is 11.0 Å². The van der Waals surface area contributed by atoms with Crippen LogP contribution in [0.1, 0.15) is 18.2 Å². The van der Waals surface area contributed by atoms with E-state index in [9.17, 15) is 4.79 Å². The van der Waals surface area contributed by atoms with Crippen LogP contribution in [-0.2, 0) is 0 Å². The van der Waals surface area contributed by atoms with Gasteiger partial charge in [-0.2, -0.15) is 9.64 Å². The summed E-state index contributed by atoms with van der Waals surface area (Å²) in [6.07, 6.45) is 0.118. The Morgan fingerprint density at radius 2 is 2.64 bits per heavy atom. The van der Waals surface area contributed by atoms with Crippen LogP contribution in [-0.4, -0.2) is 8.75 Å². The normalized spacial score (nSPS) is 12.4. The molecule has 0 amide bonds. The molecule has 11 heavy (non-hydrogen) atoms. The molecule has 0 spiro atoms. The van der Waals surface area contributed by atoms with Gasteiger partial charge in [0.1, 0.15) is 5.69 Å². The SMILES string of the molecule is N#CCC(N)c1ns[nH]c1=O. The average Bonchev–Trinajstić information content (AvgIpc) is 2.36. The Morgan fingerprint density at radius 1 is 1.91 bits per heavy atom. The van der Waals surface area contributed by atoms with Crippen molar-refractivity contribution in [2.75, 3.05) is 0 Å². The summed E-state index contributed by atoms with van der Waals surface area (Å²) in [7, 11) is 0. The van der Waals surface area contributed by atoms with Crippen LogP contribution in [0.2, 0.25) is 0 Å². The molecule has 6 heteroatoms. The van der Waals surface area contributed by atoms with Crippen molar-refractivity contribution in [1.82, 2.24) is 8.75 Å². The summed E-state index contributed by atoms with van der Waals surface area (Å²) < 4.78 is 6.13. The molecule has 0 aromatic carbocycles. The fourth-order valence-electron chi connectivity index (χ4n) is 0.638.